The summed E-state index contributed by atoms with van der Waals surface area (Å²) in [5.41, 5.74) is 7.79. The van der Waals surface area contributed by atoms with Gasteiger partial charge < -0.3 is 5.73 Å². The van der Waals surface area contributed by atoms with Gasteiger partial charge in [-0.05, 0) is 31.5 Å². The van der Waals surface area contributed by atoms with Gasteiger partial charge in [-0.15, -0.1) is 0 Å². The SMILES string of the molecule is Cc1cc2ccc([N+](=O)[O-])c(C)c2nc1N. The van der Waals surface area contributed by atoms with Crippen molar-refractivity contribution in [3.63, 3.8) is 0 Å². The number of nitro benzene ring substituents is 1. The number of anilines is 1. The van der Waals surface area contributed by atoms with Crippen LogP contribution in [0.1, 0.15) is 11.1 Å². The van der Waals surface area contributed by atoms with E-state index in [1.165, 1.54) is 6.07 Å². The highest BCUT2D eigenvalue weighted by molar-refractivity contribution is 5.87. The molecular weight excluding hydrogens is 206 g/mol. The second kappa shape index (κ2) is 3.44. The Balaban J connectivity index is 2.84. The minimum Gasteiger partial charge on any atom is -0.383 e. The lowest BCUT2D eigenvalue weighted by molar-refractivity contribution is -0.385. The average molecular weight is 217 g/mol. The number of nitrogen functional groups attached to an aromatic ring is 1. The van der Waals surface area contributed by atoms with E-state index in [2.05, 4.69) is 4.98 Å². The van der Waals surface area contributed by atoms with Crippen molar-refractivity contribution in [3.8, 4) is 0 Å². The highest BCUT2D eigenvalue weighted by Crippen LogP contribution is 2.27. The number of benzene rings is 1. The Kier molecular flexibility index (Phi) is 2.23. The van der Waals surface area contributed by atoms with Gasteiger partial charge in [-0.3, -0.25) is 10.1 Å². The van der Waals surface area contributed by atoms with Gasteiger partial charge in [-0.25, -0.2) is 4.98 Å². The molecular formula is C11H11N3O2. The van der Waals surface area contributed by atoms with Crippen molar-refractivity contribution >= 4 is 22.4 Å². The predicted octanol–water partition coefficient (Wildman–Crippen LogP) is 2.34. The standard InChI is InChI=1S/C11H11N3O2/c1-6-5-8-3-4-9(14(15)16)7(2)10(8)13-11(6)12/h3-5H,1-2H3,(H2,12,13). The minimum atomic E-state index is -0.410. The fraction of sp³-hybridized carbons (Fsp3) is 0.182. The van der Waals surface area contributed by atoms with E-state index in [1.54, 1.807) is 13.0 Å². The van der Waals surface area contributed by atoms with Crippen molar-refractivity contribution in [2.45, 2.75) is 13.8 Å². The molecule has 82 valence electrons. The van der Waals surface area contributed by atoms with Crippen LogP contribution in [-0.2, 0) is 0 Å². The van der Waals surface area contributed by atoms with Crippen LogP contribution in [0.15, 0.2) is 18.2 Å². The number of nitrogens with two attached hydrogens (primary N) is 1. The normalized spacial score (nSPS) is 10.6. The lowest BCUT2D eigenvalue weighted by atomic mass is 10.1. The Morgan fingerprint density at radius 1 is 1.38 bits per heavy atom. The summed E-state index contributed by atoms with van der Waals surface area (Å²) in [5.74, 6) is 0.413. The summed E-state index contributed by atoms with van der Waals surface area (Å²) in [5, 5.41) is 11.6. The van der Waals surface area contributed by atoms with Crippen LogP contribution in [0.5, 0.6) is 0 Å². The lowest BCUT2D eigenvalue weighted by Gasteiger charge is -2.05. The molecule has 1 aromatic heterocycles. The van der Waals surface area contributed by atoms with Gasteiger partial charge in [0.25, 0.3) is 5.69 Å². The third-order valence-electron chi connectivity index (χ3n) is 2.64. The number of pyridine rings is 1. The molecule has 0 fully saturated rings. The van der Waals surface area contributed by atoms with Crippen LogP contribution >= 0.6 is 0 Å². The van der Waals surface area contributed by atoms with E-state index in [4.69, 9.17) is 5.73 Å². The Bertz CT molecular complexity index is 593. The molecule has 0 atom stereocenters. The second-order valence-electron chi connectivity index (χ2n) is 3.73. The Morgan fingerprint density at radius 2 is 2.06 bits per heavy atom. The summed E-state index contributed by atoms with van der Waals surface area (Å²) in [4.78, 5) is 14.5. The zero-order valence-electron chi connectivity index (χ0n) is 9.02. The summed E-state index contributed by atoms with van der Waals surface area (Å²) in [6.07, 6.45) is 0. The van der Waals surface area contributed by atoms with E-state index >= 15 is 0 Å². The number of aromatic nitrogens is 1. The van der Waals surface area contributed by atoms with Crippen molar-refractivity contribution < 1.29 is 4.92 Å². The van der Waals surface area contributed by atoms with Crippen molar-refractivity contribution in [2.24, 2.45) is 0 Å². The lowest BCUT2D eigenvalue weighted by Crippen LogP contribution is -1.98. The molecule has 16 heavy (non-hydrogen) atoms. The number of hydrogen-bond donors (Lipinski definition) is 1. The molecule has 1 aromatic carbocycles. The van der Waals surface area contributed by atoms with Crippen molar-refractivity contribution in [3.05, 3.63) is 39.4 Å². The molecule has 0 bridgehead atoms. The molecule has 0 aliphatic rings. The van der Waals surface area contributed by atoms with Crippen LogP contribution < -0.4 is 5.73 Å². The molecule has 1 heterocycles. The van der Waals surface area contributed by atoms with Crippen molar-refractivity contribution in [2.75, 3.05) is 5.73 Å². The van der Waals surface area contributed by atoms with Gasteiger partial charge in [-0.1, -0.05) is 0 Å². The molecule has 5 nitrogen and oxygen atoms in total. The topological polar surface area (TPSA) is 82.0 Å². The molecule has 0 spiro atoms. The second-order valence-corrected chi connectivity index (χ2v) is 3.73. The van der Waals surface area contributed by atoms with Gasteiger partial charge in [0.2, 0.25) is 0 Å². The Hall–Kier alpha value is -2.17. The number of hydrogen-bond acceptors (Lipinski definition) is 4. The fourth-order valence-electron chi connectivity index (χ4n) is 1.69. The molecule has 0 saturated carbocycles. The summed E-state index contributed by atoms with van der Waals surface area (Å²) in [7, 11) is 0. The molecule has 0 radical (unpaired) electrons. The molecule has 2 rings (SSSR count). The Morgan fingerprint density at radius 3 is 2.69 bits per heavy atom. The van der Waals surface area contributed by atoms with Gasteiger partial charge >= 0.3 is 0 Å². The van der Waals surface area contributed by atoms with Crippen LogP contribution in [0.2, 0.25) is 0 Å². The first kappa shape index (κ1) is 10.4. The van der Waals surface area contributed by atoms with Crippen LogP contribution in [-0.4, -0.2) is 9.91 Å². The van der Waals surface area contributed by atoms with Crippen molar-refractivity contribution in [1.82, 2.24) is 4.98 Å². The van der Waals surface area contributed by atoms with E-state index in [0.29, 0.717) is 16.9 Å². The first-order valence-electron chi connectivity index (χ1n) is 4.81. The maximum atomic E-state index is 10.8. The number of fused-ring (bicyclic) bond motifs is 1. The van der Waals surface area contributed by atoms with Gasteiger partial charge in [0.05, 0.1) is 16.0 Å². The van der Waals surface area contributed by atoms with Crippen LogP contribution in [0.4, 0.5) is 11.5 Å². The third kappa shape index (κ3) is 1.46. The molecule has 2 N–H and O–H groups in total. The molecule has 0 aliphatic heterocycles. The Labute approximate surface area is 92.1 Å². The van der Waals surface area contributed by atoms with E-state index in [9.17, 15) is 10.1 Å². The number of nitrogens with zero attached hydrogens (tertiary/aromatic N) is 2. The van der Waals surface area contributed by atoms with Gasteiger partial charge in [0.1, 0.15) is 5.82 Å². The molecule has 0 saturated heterocycles. The van der Waals surface area contributed by atoms with E-state index in [1.807, 2.05) is 13.0 Å². The summed E-state index contributed by atoms with van der Waals surface area (Å²) in [6, 6.07) is 5.07. The minimum absolute atomic E-state index is 0.0725. The zero-order valence-corrected chi connectivity index (χ0v) is 9.02. The van der Waals surface area contributed by atoms with Crippen LogP contribution in [0, 0.1) is 24.0 Å². The molecule has 2 aromatic rings. The fourth-order valence-corrected chi connectivity index (χ4v) is 1.69. The van der Waals surface area contributed by atoms with E-state index in [-0.39, 0.29) is 5.69 Å². The maximum absolute atomic E-state index is 10.8. The summed E-state index contributed by atoms with van der Waals surface area (Å²) < 4.78 is 0. The zero-order chi connectivity index (χ0) is 11.9. The molecule has 0 unspecified atom stereocenters. The highest BCUT2D eigenvalue weighted by Gasteiger charge is 2.14. The summed E-state index contributed by atoms with van der Waals surface area (Å²) >= 11 is 0. The smallest absolute Gasteiger partial charge is 0.274 e. The molecule has 0 aliphatic carbocycles. The molecule has 5 heteroatoms. The number of nitro groups is 1. The monoisotopic (exact) mass is 217 g/mol. The quantitative estimate of drug-likeness (QED) is 0.587. The maximum Gasteiger partial charge on any atom is 0.274 e. The van der Waals surface area contributed by atoms with Crippen LogP contribution in [0.25, 0.3) is 10.9 Å². The largest absolute Gasteiger partial charge is 0.383 e. The third-order valence-corrected chi connectivity index (χ3v) is 2.64. The molecule has 0 amide bonds. The van der Waals surface area contributed by atoms with Gasteiger partial charge in [0, 0.05) is 11.5 Å². The van der Waals surface area contributed by atoms with E-state index < -0.39 is 4.92 Å². The van der Waals surface area contributed by atoms with Gasteiger partial charge in [-0.2, -0.15) is 0 Å². The first-order chi connectivity index (χ1) is 7.50. The predicted molar refractivity (Wildman–Crippen MR) is 62.3 cm³/mol. The highest BCUT2D eigenvalue weighted by atomic mass is 16.6. The number of aryl methyl sites for hydroxylation is 2. The van der Waals surface area contributed by atoms with Crippen molar-refractivity contribution in [1.29, 1.82) is 0 Å². The average Bonchev–Trinajstić information content (AvgIpc) is 2.21. The van der Waals surface area contributed by atoms with E-state index in [0.717, 1.165) is 10.9 Å². The van der Waals surface area contributed by atoms with Crippen LogP contribution in [0.3, 0.4) is 0 Å². The summed E-state index contributed by atoms with van der Waals surface area (Å²) in [6.45, 7) is 3.54. The number of rotatable bonds is 1. The van der Waals surface area contributed by atoms with Gasteiger partial charge in [0.15, 0.2) is 0 Å². The first-order valence-corrected chi connectivity index (χ1v) is 4.81.